The number of rotatable bonds is 4. The van der Waals surface area contributed by atoms with E-state index in [0.717, 1.165) is 12.1 Å². The molecule has 0 aliphatic rings. The largest absolute Gasteiger partial charge is 0.480 e. The average Bonchev–Trinajstić information content (AvgIpc) is 2.33. The van der Waals surface area contributed by atoms with Crippen molar-refractivity contribution >= 4 is 27.8 Å². The van der Waals surface area contributed by atoms with Gasteiger partial charge in [0.05, 0.1) is 11.1 Å². The SMILES string of the molecule is CC(C)C(NC(=O)c1ccc(Br)cc1C(F)(F)F)C(=O)O. The molecule has 116 valence electrons. The van der Waals surface area contributed by atoms with E-state index in [2.05, 4.69) is 21.2 Å². The molecule has 0 aliphatic heterocycles. The van der Waals surface area contributed by atoms with Gasteiger partial charge in [0.1, 0.15) is 6.04 Å². The Morgan fingerprint density at radius 1 is 1.29 bits per heavy atom. The molecule has 1 aromatic rings. The van der Waals surface area contributed by atoms with Gasteiger partial charge in [-0.15, -0.1) is 0 Å². The van der Waals surface area contributed by atoms with E-state index in [1.165, 1.54) is 6.07 Å². The normalized spacial score (nSPS) is 13.1. The number of alkyl halides is 3. The minimum absolute atomic E-state index is 0.171. The summed E-state index contributed by atoms with van der Waals surface area (Å²) in [5.41, 5.74) is -1.74. The first-order chi connectivity index (χ1) is 9.54. The summed E-state index contributed by atoms with van der Waals surface area (Å²) in [6.07, 6.45) is -4.72. The summed E-state index contributed by atoms with van der Waals surface area (Å²) >= 11 is 2.91. The van der Waals surface area contributed by atoms with Crippen LogP contribution >= 0.6 is 15.9 Å². The predicted molar refractivity (Wildman–Crippen MR) is 72.9 cm³/mol. The molecule has 1 unspecified atom stereocenters. The number of amides is 1. The van der Waals surface area contributed by atoms with E-state index in [-0.39, 0.29) is 4.47 Å². The summed E-state index contributed by atoms with van der Waals surface area (Å²) in [4.78, 5) is 23.0. The summed E-state index contributed by atoms with van der Waals surface area (Å²) in [6, 6.07) is 1.80. The number of nitrogens with one attached hydrogen (secondary N) is 1. The second-order valence-corrected chi connectivity index (χ2v) is 5.64. The molecule has 0 radical (unpaired) electrons. The smallest absolute Gasteiger partial charge is 0.417 e. The molecule has 0 saturated heterocycles. The molecule has 1 atom stereocenters. The number of aliphatic carboxylic acids is 1. The molecule has 0 fully saturated rings. The number of benzene rings is 1. The lowest BCUT2D eigenvalue weighted by Gasteiger charge is -2.19. The number of carbonyl (C=O) groups excluding carboxylic acids is 1. The minimum atomic E-state index is -4.72. The van der Waals surface area contributed by atoms with Gasteiger partial charge in [-0.1, -0.05) is 29.8 Å². The molecule has 0 saturated carbocycles. The van der Waals surface area contributed by atoms with Crippen LogP contribution in [0.4, 0.5) is 13.2 Å². The molecule has 21 heavy (non-hydrogen) atoms. The maximum Gasteiger partial charge on any atom is 0.417 e. The first-order valence-corrected chi connectivity index (χ1v) is 6.73. The molecule has 2 N–H and O–H groups in total. The van der Waals surface area contributed by atoms with Gasteiger partial charge in [-0.05, 0) is 24.1 Å². The molecule has 0 bridgehead atoms. The number of hydrogen-bond acceptors (Lipinski definition) is 2. The van der Waals surface area contributed by atoms with Gasteiger partial charge in [0.2, 0.25) is 0 Å². The fourth-order valence-electron chi connectivity index (χ4n) is 1.68. The molecule has 0 aromatic heterocycles. The first-order valence-electron chi connectivity index (χ1n) is 5.94. The summed E-state index contributed by atoms with van der Waals surface area (Å²) in [5, 5.41) is 11.1. The van der Waals surface area contributed by atoms with E-state index in [1.54, 1.807) is 13.8 Å². The summed E-state index contributed by atoms with van der Waals surface area (Å²) in [6.45, 7) is 3.09. The maximum absolute atomic E-state index is 12.9. The Balaban J connectivity index is 3.16. The van der Waals surface area contributed by atoms with E-state index in [0.29, 0.717) is 0 Å². The second-order valence-electron chi connectivity index (χ2n) is 4.72. The number of carbonyl (C=O) groups is 2. The Bertz CT molecular complexity index is 558. The van der Waals surface area contributed by atoms with Crippen LogP contribution in [0.3, 0.4) is 0 Å². The standard InChI is InChI=1S/C13H13BrF3NO3/c1-6(2)10(12(20)21)18-11(19)8-4-3-7(14)5-9(8)13(15,16)17/h3-6,10H,1-2H3,(H,18,19)(H,20,21). The van der Waals surface area contributed by atoms with Crippen molar-refractivity contribution in [2.45, 2.75) is 26.1 Å². The van der Waals surface area contributed by atoms with Gasteiger partial charge in [0, 0.05) is 4.47 Å². The Morgan fingerprint density at radius 3 is 2.29 bits per heavy atom. The van der Waals surface area contributed by atoms with Crippen LogP contribution in [0.15, 0.2) is 22.7 Å². The quantitative estimate of drug-likeness (QED) is 0.857. The molecular formula is C13H13BrF3NO3. The third kappa shape index (κ3) is 4.45. The van der Waals surface area contributed by atoms with E-state index in [1.807, 2.05) is 0 Å². The van der Waals surface area contributed by atoms with Crippen molar-refractivity contribution < 1.29 is 27.9 Å². The highest BCUT2D eigenvalue weighted by Crippen LogP contribution is 2.33. The topological polar surface area (TPSA) is 66.4 Å². The number of halogens is 4. The van der Waals surface area contributed by atoms with Gasteiger partial charge in [-0.25, -0.2) is 4.79 Å². The molecule has 0 aliphatic carbocycles. The van der Waals surface area contributed by atoms with Crippen molar-refractivity contribution in [1.29, 1.82) is 0 Å². The van der Waals surface area contributed by atoms with Gasteiger partial charge < -0.3 is 10.4 Å². The van der Waals surface area contributed by atoms with E-state index in [9.17, 15) is 22.8 Å². The van der Waals surface area contributed by atoms with Gasteiger partial charge >= 0.3 is 12.1 Å². The third-order valence-electron chi connectivity index (χ3n) is 2.75. The zero-order chi connectivity index (χ0) is 16.4. The van der Waals surface area contributed by atoms with Crippen LogP contribution in [0.1, 0.15) is 29.8 Å². The lowest BCUT2D eigenvalue weighted by atomic mass is 10.0. The zero-order valence-electron chi connectivity index (χ0n) is 11.2. The Labute approximate surface area is 127 Å². The Hall–Kier alpha value is -1.57. The van der Waals surface area contributed by atoms with Crippen LogP contribution in [0, 0.1) is 5.92 Å². The van der Waals surface area contributed by atoms with Crippen LogP contribution in [0.5, 0.6) is 0 Å². The van der Waals surface area contributed by atoms with Crippen LogP contribution in [0.25, 0.3) is 0 Å². The van der Waals surface area contributed by atoms with Crippen LogP contribution in [-0.2, 0) is 11.0 Å². The first kappa shape index (κ1) is 17.5. The van der Waals surface area contributed by atoms with Gasteiger partial charge in [-0.3, -0.25) is 4.79 Å². The molecular weight excluding hydrogens is 355 g/mol. The molecule has 0 heterocycles. The van der Waals surface area contributed by atoms with E-state index < -0.39 is 41.1 Å². The lowest BCUT2D eigenvalue weighted by molar-refractivity contribution is -0.140. The summed E-state index contributed by atoms with van der Waals surface area (Å²) in [5.74, 6) is -2.84. The van der Waals surface area contributed by atoms with Crippen molar-refractivity contribution in [3.05, 3.63) is 33.8 Å². The fourth-order valence-corrected chi connectivity index (χ4v) is 2.04. The Morgan fingerprint density at radius 2 is 1.86 bits per heavy atom. The van der Waals surface area contributed by atoms with E-state index in [4.69, 9.17) is 5.11 Å². The zero-order valence-corrected chi connectivity index (χ0v) is 12.7. The molecule has 1 rings (SSSR count). The lowest BCUT2D eigenvalue weighted by Crippen LogP contribution is -2.44. The van der Waals surface area contributed by atoms with Crippen molar-refractivity contribution in [2.75, 3.05) is 0 Å². The van der Waals surface area contributed by atoms with Crippen molar-refractivity contribution in [3.8, 4) is 0 Å². The number of carboxylic acid groups (broad SMARTS) is 1. The molecule has 1 amide bonds. The van der Waals surface area contributed by atoms with Crippen molar-refractivity contribution in [2.24, 2.45) is 5.92 Å². The highest BCUT2D eigenvalue weighted by molar-refractivity contribution is 9.10. The second kappa shape index (κ2) is 6.46. The fraction of sp³-hybridized carbons (Fsp3) is 0.385. The molecule has 4 nitrogen and oxygen atoms in total. The summed E-state index contributed by atoms with van der Waals surface area (Å²) in [7, 11) is 0. The monoisotopic (exact) mass is 367 g/mol. The number of hydrogen-bond donors (Lipinski definition) is 2. The molecule has 0 spiro atoms. The summed E-state index contributed by atoms with van der Waals surface area (Å²) < 4.78 is 38.9. The minimum Gasteiger partial charge on any atom is -0.480 e. The predicted octanol–water partition coefficient (Wildman–Crippen LogP) is 3.31. The maximum atomic E-state index is 12.9. The van der Waals surface area contributed by atoms with Gasteiger partial charge in [0.15, 0.2) is 0 Å². The highest BCUT2D eigenvalue weighted by Gasteiger charge is 2.36. The highest BCUT2D eigenvalue weighted by atomic mass is 79.9. The van der Waals surface area contributed by atoms with Crippen LogP contribution in [0.2, 0.25) is 0 Å². The van der Waals surface area contributed by atoms with Crippen LogP contribution in [-0.4, -0.2) is 23.0 Å². The molecule has 1 aromatic carbocycles. The Kier molecular flexibility index (Phi) is 5.38. The van der Waals surface area contributed by atoms with Crippen molar-refractivity contribution in [3.63, 3.8) is 0 Å². The molecule has 8 heteroatoms. The average molecular weight is 368 g/mol. The van der Waals surface area contributed by atoms with E-state index >= 15 is 0 Å². The van der Waals surface area contributed by atoms with Gasteiger partial charge in [0.25, 0.3) is 5.91 Å². The third-order valence-corrected chi connectivity index (χ3v) is 3.24. The van der Waals surface area contributed by atoms with Gasteiger partial charge in [-0.2, -0.15) is 13.2 Å². The van der Waals surface area contributed by atoms with Crippen LogP contribution < -0.4 is 5.32 Å². The number of carboxylic acids is 1. The van der Waals surface area contributed by atoms with Crippen molar-refractivity contribution in [1.82, 2.24) is 5.32 Å².